The van der Waals surface area contributed by atoms with Gasteiger partial charge in [0.15, 0.2) is 0 Å². The van der Waals surface area contributed by atoms with Crippen molar-refractivity contribution in [1.29, 1.82) is 0 Å². The predicted octanol–water partition coefficient (Wildman–Crippen LogP) is 1.89. The molecule has 0 aliphatic carbocycles. The fraction of sp³-hybridized carbons (Fsp3) is 0.375. The maximum absolute atomic E-state index is 5.26. The molecule has 7 heteroatoms. The molecule has 0 unspecified atom stereocenters. The molecular formula is C16H20N6O. The van der Waals surface area contributed by atoms with Gasteiger partial charge >= 0.3 is 0 Å². The molecule has 7 nitrogen and oxygen atoms in total. The Bertz CT molecular complexity index is 771. The summed E-state index contributed by atoms with van der Waals surface area (Å²) in [7, 11) is 4.11. The van der Waals surface area contributed by atoms with Crippen LogP contribution < -0.4 is 4.90 Å². The fourth-order valence-electron chi connectivity index (χ4n) is 2.41. The predicted molar refractivity (Wildman–Crippen MR) is 88.2 cm³/mol. The summed E-state index contributed by atoms with van der Waals surface area (Å²) in [4.78, 5) is 17.4. The molecule has 3 heterocycles. The van der Waals surface area contributed by atoms with Crippen molar-refractivity contribution >= 4 is 16.9 Å². The lowest BCUT2D eigenvalue weighted by Crippen LogP contribution is -2.32. The van der Waals surface area contributed by atoms with E-state index in [4.69, 9.17) is 4.52 Å². The molecule has 23 heavy (non-hydrogen) atoms. The van der Waals surface area contributed by atoms with E-state index >= 15 is 0 Å². The molecule has 0 N–H and O–H groups in total. The fourth-order valence-corrected chi connectivity index (χ4v) is 2.41. The van der Waals surface area contributed by atoms with E-state index in [1.165, 1.54) is 6.33 Å². The minimum atomic E-state index is 0.517. The van der Waals surface area contributed by atoms with Crippen molar-refractivity contribution in [3.05, 3.63) is 42.1 Å². The Hall–Kier alpha value is -2.54. The molecule has 0 saturated heterocycles. The smallest absolute Gasteiger partial charge is 0.263 e. The number of hydrogen-bond acceptors (Lipinski definition) is 7. The summed E-state index contributed by atoms with van der Waals surface area (Å²) in [5.41, 5.74) is 2.31. The molecule has 0 aliphatic rings. The van der Waals surface area contributed by atoms with Crippen molar-refractivity contribution < 1.29 is 4.52 Å². The second-order valence-electron chi connectivity index (χ2n) is 5.69. The van der Waals surface area contributed by atoms with Crippen molar-refractivity contribution in [3.63, 3.8) is 0 Å². The van der Waals surface area contributed by atoms with Crippen molar-refractivity contribution in [3.8, 4) is 0 Å². The van der Waals surface area contributed by atoms with Crippen LogP contribution in [0.5, 0.6) is 0 Å². The molecule has 0 atom stereocenters. The van der Waals surface area contributed by atoms with Crippen LogP contribution in [0, 0.1) is 6.92 Å². The number of nitrogens with zero attached hydrogens (tertiary/aromatic N) is 6. The van der Waals surface area contributed by atoms with Gasteiger partial charge in [-0.15, -0.1) is 0 Å². The average molecular weight is 312 g/mol. The van der Waals surface area contributed by atoms with Crippen molar-refractivity contribution in [2.75, 3.05) is 32.1 Å². The van der Waals surface area contributed by atoms with Gasteiger partial charge in [0.05, 0.1) is 17.9 Å². The third-order valence-electron chi connectivity index (χ3n) is 3.62. The van der Waals surface area contributed by atoms with Crippen LogP contribution >= 0.6 is 0 Å². The van der Waals surface area contributed by atoms with E-state index in [0.29, 0.717) is 12.3 Å². The van der Waals surface area contributed by atoms with Crippen LogP contribution in [0.1, 0.15) is 11.4 Å². The monoisotopic (exact) mass is 312 g/mol. The van der Waals surface area contributed by atoms with E-state index in [0.717, 1.165) is 35.7 Å². The third kappa shape index (κ3) is 3.45. The van der Waals surface area contributed by atoms with Crippen LogP contribution in [0.2, 0.25) is 0 Å². The Morgan fingerprint density at radius 3 is 2.70 bits per heavy atom. The molecule has 0 aliphatic heterocycles. The summed E-state index contributed by atoms with van der Waals surface area (Å²) in [6.45, 7) is 4.30. The summed E-state index contributed by atoms with van der Waals surface area (Å²) >= 11 is 0. The quantitative estimate of drug-likeness (QED) is 0.688. The topological polar surface area (TPSA) is 71.2 Å². The number of rotatable bonds is 6. The van der Waals surface area contributed by atoms with E-state index in [1.807, 2.05) is 25.1 Å². The van der Waals surface area contributed by atoms with Crippen LogP contribution in [0.25, 0.3) is 11.1 Å². The zero-order valence-corrected chi connectivity index (χ0v) is 13.6. The molecule has 0 fully saturated rings. The highest BCUT2D eigenvalue weighted by Crippen LogP contribution is 2.26. The van der Waals surface area contributed by atoms with Gasteiger partial charge in [-0.2, -0.15) is 4.98 Å². The zero-order valence-electron chi connectivity index (χ0n) is 13.6. The number of aryl methyl sites for hydroxylation is 1. The number of aromatic nitrogens is 4. The first-order chi connectivity index (χ1) is 11.1. The van der Waals surface area contributed by atoms with Gasteiger partial charge in [0, 0.05) is 19.3 Å². The summed E-state index contributed by atoms with van der Waals surface area (Å²) in [6.07, 6.45) is 3.32. The lowest BCUT2D eigenvalue weighted by molar-refractivity contribution is 0.412. The standard InChI is InChI=1S/C16H20N6O/c1-12-14-15(18-11-19-16(14)23-20-12)22(9-8-21(2)3)10-13-6-4-5-7-17-13/h4-7,11H,8-10H2,1-3H3. The molecule has 0 saturated carbocycles. The number of pyridine rings is 1. The van der Waals surface area contributed by atoms with Gasteiger partial charge in [0.25, 0.3) is 5.71 Å². The van der Waals surface area contributed by atoms with Crippen LogP contribution in [-0.2, 0) is 6.54 Å². The van der Waals surface area contributed by atoms with Gasteiger partial charge in [0.1, 0.15) is 17.5 Å². The summed E-state index contributed by atoms with van der Waals surface area (Å²) in [5, 5.41) is 4.87. The molecule has 0 bridgehead atoms. The molecule has 3 aromatic heterocycles. The van der Waals surface area contributed by atoms with Gasteiger partial charge < -0.3 is 14.3 Å². The normalized spacial score (nSPS) is 11.3. The highest BCUT2D eigenvalue weighted by Gasteiger charge is 2.18. The molecule has 0 aromatic carbocycles. The Morgan fingerprint density at radius 1 is 1.09 bits per heavy atom. The second kappa shape index (κ2) is 6.70. The number of hydrogen-bond donors (Lipinski definition) is 0. The van der Waals surface area contributed by atoms with Gasteiger partial charge in [-0.3, -0.25) is 4.98 Å². The van der Waals surface area contributed by atoms with E-state index < -0.39 is 0 Å². The maximum Gasteiger partial charge on any atom is 0.263 e. The third-order valence-corrected chi connectivity index (χ3v) is 3.62. The molecule has 3 rings (SSSR count). The Kier molecular flexibility index (Phi) is 4.47. The van der Waals surface area contributed by atoms with Gasteiger partial charge in [-0.1, -0.05) is 11.2 Å². The maximum atomic E-state index is 5.26. The van der Waals surface area contributed by atoms with E-state index in [1.54, 1.807) is 6.20 Å². The lowest BCUT2D eigenvalue weighted by atomic mass is 10.2. The number of fused-ring (bicyclic) bond motifs is 1. The van der Waals surface area contributed by atoms with Gasteiger partial charge in [-0.05, 0) is 33.2 Å². The molecule has 3 aromatic rings. The van der Waals surface area contributed by atoms with E-state index in [2.05, 4.69) is 44.0 Å². The van der Waals surface area contributed by atoms with Crippen molar-refractivity contribution in [1.82, 2.24) is 25.0 Å². The largest absolute Gasteiger partial charge is 0.349 e. The van der Waals surface area contributed by atoms with Crippen molar-refractivity contribution in [2.24, 2.45) is 0 Å². The van der Waals surface area contributed by atoms with E-state index in [-0.39, 0.29) is 0 Å². The molecule has 120 valence electrons. The zero-order chi connectivity index (χ0) is 16.2. The summed E-state index contributed by atoms with van der Waals surface area (Å²) in [6, 6.07) is 5.93. The van der Waals surface area contributed by atoms with Crippen LogP contribution in [0.4, 0.5) is 5.82 Å². The second-order valence-corrected chi connectivity index (χ2v) is 5.69. The van der Waals surface area contributed by atoms with E-state index in [9.17, 15) is 0 Å². The molecule has 0 radical (unpaired) electrons. The average Bonchev–Trinajstić information content (AvgIpc) is 2.94. The first kappa shape index (κ1) is 15.4. The summed E-state index contributed by atoms with van der Waals surface area (Å²) < 4.78 is 5.26. The molecule has 0 spiro atoms. The number of likely N-dealkylation sites (N-methyl/N-ethyl adjacent to an activating group) is 1. The first-order valence-corrected chi connectivity index (χ1v) is 7.51. The van der Waals surface area contributed by atoms with Crippen molar-refractivity contribution in [2.45, 2.75) is 13.5 Å². The minimum absolute atomic E-state index is 0.517. The minimum Gasteiger partial charge on any atom is -0.349 e. The van der Waals surface area contributed by atoms with Gasteiger partial charge in [0.2, 0.25) is 0 Å². The molecular weight excluding hydrogens is 292 g/mol. The molecule has 0 amide bonds. The lowest BCUT2D eigenvalue weighted by Gasteiger charge is -2.25. The highest BCUT2D eigenvalue weighted by molar-refractivity contribution is 5.87. The summed E-state index contributed by atoms with van der Waals surface area (Å²) in [5.74, 6) is 0.834. The SMILES string of the molecule is Cc1noc2ncnc(N(CCN(C)C)Cc3ccccn3)c12. The number of anilines is 1. The first-order valence-electron chi connectivity index (χ1n) is 7.51. The van der Waals surface area contributed by atoms with Gasteiger partial charge in [-0.25, -0.2) is 4.98 Å². The highest BCUT2D eigenvalue weighted by atomic mass is 16.5. The Morgan fingerprint density at radius 2 is 1.96 bits per heavy atom. The Labute approximate surface area is 135 Å². The van der Waals surface area contributed by atoms with Crippen LogP contribution in [-0.4, -0.2) is 52.2 Å². The van der Waals surface area contributed by atoms with Crippen LogP contribution in [0.3, 0.4) is 0 Å². The Balaban J connectivity index is 1.97. The van der Waals surface area contributed by atoms with Crippen LogP contribution in [0.15, 0.2) is 35.2 Å².